The van der Waals surface area contributed by atoms with Gasteiger partial charge in [-0.2, -0.15) is 4.98 Å². The van der Waals surface area contributed by atoms with Crippen LogP contribution >= 0.6 is 11.6 Å². The van der Waals surface area contributed by atoms with Crippen LogP contribution in [0.1, 0.15) is 36.1 Å². The van der Waals surface area contributed by atoms with Gasteiger partial charge in [0.15, 0.2) is 0 Å². The van der Waals surface area contributed by atoms with Gasteiger partial charge in [-0.3, -0.25) is 0 Å². The van der Waals surface area contributed by atoms with E-state index in [0.29, 0.717) is 16.9 Å². The number of hydrogen-bond acceptors (Lipinski definition) is 6. The smallest absolute Gasteiger partial charge is 0.229 e. The highest BCUT2D eigenvalue weighted by atomic mass is 35.5. The molecule has 174 valence electrons. The van der Waals surface area contributed by atoms with Gasteiger partial charge >= 0.3 is 0 Å². The molecule has 0 saturated carbocycles. The summed E-state index contributed by atoms with van der Waals surface area (Å²) in [5.41, 5.74) is 5.33. The Morgan fingerprint density at radius 1 is 1.18 bits per heavy atom. The molecule has 34 heavy (non-hydrogen) atoms. The van der Waals surface area contributed by atoms with Gasteiger partial charge in [0.25, 0.3) is 0 Å². The molecule has 2 heterocycles. The second-order valence-corrected chi connectivity index (χ2v) is 8.75. The van der Waals surface area contributed by atoms with Crippen LogP contribution in [-0.2, 0) is 6.42 Å². The van der Waals surface area contributed by atoms with E-state index in [9.17, 15) is 0 Å². The number of ether oxygens (including phenoxy) is 1. The first kappa shape index (κ1) is 22.2. The highest BCUT2D eigenvalue weighted by molar-refractivity contribution is 6.29. The lowest BCUT2D eigenvalue weighted by molar-refractivity contribution is 0.413. The molecule has 1 atom stereocenters. The van der Waals surface area contributed by atoms with Gasteiger partial charge in [0, 0.05) is 43.0 Å². The van der Waals surface area contributed by atoms with Crippen molar-refractivity contribution >= 4 is 29.1 Å². The number of nitrogens with one attached hydrogen (secondary N) is 1. The maximum Gasteiger partial charge on any atom is 0.229 e. The highest BCUT2D eigenvalue weighted by Gasteiger charge is 2.30. The third kappa shape index (κ3) is 4.19. The maximum atomic E-state index is 5.99. The van der Waals surface area contributed by atoms with E-state index in [-0.39, 0.29) is 5.92 Å². The Kier molecular flexibility index (Phi) is 6.11. The van der Waals surface area contributed by atoms with Gasteiger partial charge in [-0.1, -0.05) is 41.9 Å². The second-order valence-electron chi connectivity index (χ2n) is 8.37. The number of aromatic nitrogens is 4. The van der Waals surface area contributed by atoms with Crippen LogP contribution in [0.25, 0.3) is 5.69 Å². The van der Waals surface area contributed by atoms with Gasteiger partial charge in [0.1, 0.15) is 23.0 Å². The van der Waals surface area contributed by atoms with E-state index in [1.54, 1.807) is 19.6 Å². The van der Waals surface area contributed by atoms with E-state index < -0.39 is 0 Å². The van der Waals surface area contributed by atoms with E-state index in [2.05, 4.69) is 59.5 Å². The number of halogens is 1. The maximum absolute atomic E-state index is 5.99. The standard InChI is InChI=1S/C26H27ClN6O/c1-4-32(2)25-20-12-11-19(17-8-6-5-7-9-17)24(20)30-26(31-25)29-18-10-13-21(22(14-18)34-3)33-15-23(27)28-16-33/h5-10,13-16,19H,4,11-12H2,1-3H3,(H,29,30,31)/t19-/m1/s1. The van der Waals surface area contributed by atoms with Crippen LogP contribution in [0, 0.1) is 0 Å². The van der Waals surface area contributed by atoms with Gasteiger partial charge in [0.05, 0.1) is 18.5 Å². The molecule has 0 amide bonds. The molecule has 0 radical (unpaired) electrons. The number of nitrogens with zero attached hydrogens (tertiary/aromatic N) is 5. The van der Waals surface area contributed by atoms with E-state index in [4.69, 9.17) is 26.3 Å². The first-order chi connectivity index (χ1) is 16.6. The van der Waals surface area contributed by atoms with Crippen molar-refractivity contribution in [2.24, 2.45) is 0 Å². The summed E-state index contributed by atoms with van der Waals surface area (Å²) in [6.07, 6.45) is 5.42. The lowest BCUT2D eigenvalue weighted by Crippen LogP contribution is -2.20. The molecule has 0 aliphatic heterocycles. The van der Waals surface area contributed by atoms with E-state index >= 15 is 0 Å². The zero-order chi connectivity index (χ0) is 23.7. The summed E-state index contributed by atoms with van der Waals surface area (Å²) in [5, 5.41) is 3.83. The molecule has 2 aromatic carbocycles. The minimum atomic E-state index is 0.270. The molecule has 4 aromatic rings. The zero-order valence-corrected chi connectivity index (χ0v) is 20.3. The summed E-state index contributed by atoms with van der Waals surface area (Å²) in [4.78, 5) is 16.2. The fourth-order valence-corrected chi connectivity index (χ4v) is 4.65. The molecule has 7 nitrogen and oxygen atoms in total. The average Bonchev–Trinajstić information content (AvgIpc) is 3.49. The molecule has 1 aliphatic rings. The average molecular weight is 475 g/mol. The summed E-state index contributed by atoms with van der Waals surface area (Å²) in [5.74, 6) is 2.53. The van der Waals surface area contributed by atoms with Gasteiger partial charge in [-0.05, 0) is 37.5 Å². The fourth-order valence-electron chi connectivity index (χ4n) is 4.50. The molecule has 1 N–H and O–H groups in total. The van der Waals surface area contributed by atoms with Crippen LogP contribution in [-0.4, -0.2) is 40.2 Å². The van der Waals surface area contributed by atoms with Crippen molar-refractivity contribution in [3.63, 3.8) is 0 Å². The SMILES string of the molecule is CCN(C)c1nc(Nc2ccc(-n3cnc(Cl)c3)c(OC)c2)nc2c1CC[C@@H]2c1ccccc1. The summed E-state index contributed by atoms with van der Waals surface area (Å²) in [6.45, 7) is 3.01. The lowest BCUT2D eigenvalue weighted by atomic mass is 9.97. The van der Waals surface area contributed by atoms with Gasteiger partial charge < -0.3 is 19.5 Å². The Morgan fingerprint density at radius 3 is 2.71 bits per heavy atom. The summed E-state index contributed by atoms with van der Waals surface area (Å²) >= 11 is 5.99. The van der Waals surface area contributed by atoms with Crippen molar-refractivity contribution < 1.29 is 4.74 Å². The van der Waals surface area contributed by atoms with Crippen molar-refractivity contribution in [1.29, 1.82) is 0 Å². The third-order valence-electron chi connectivity index (χ3n) is 6.33. The largest absolute Gasteiger partial charge is 0.494 e. The van der Waals surface area contributed by atoms with Crippen molar-refractivity contribution in [3.8, 4) is 11.4 Å². The predicted molar refractivity (Wildman–Crippen MR) is 136 cm³/mol. The van der Waals surface area contributed by atoms with Gasteiger partial charge in [-0.15, -0.1) is 0 Å². The Labute approximate surface area is 204 Å². The van der Waals surface area contributed by atoms with E-state index in [0.717, 1.165) is 42.3 Å². The zero-order valence-electron chi connectivity index (χ0n) is 19.5. The van der Waals surface area contributed by atoms with Crippen molar-refractivity contribution in [2.75, 3.05) is 30.9 Å². The molecular formula is C26H27ClN6O. The minimum Gasteiger partial charge on any atom is -0.494 e. The van der Waals surface area contributed by atoms with Crippen LogP contribution in [0.2, 0.25) is 5.15 Å². The van der Waals surface area contributed by atoms with Gasteiger partial charge in [-0.25, -0.2) is 9.97 Å². The fraction of sp³-hybridized carbons (Fsp3) is 0.269. The second kappa shape index (κ2) is 9.35. The Morgan fingerprint density at radius 2 is 2.00 bits per heavy atom. The van der Waals surface area contributed by atoms with E-state index in [1.165, 1.54) is 11.1 Å². The molecular weight excluding hydrogens is 448 g/mol. The minimum absolute atomic E-state index is 0.270. The quantitative estimate of drug-likeness (QED) is 0.376. The molecule has 0 unspecified atom stereocenters. The van der Waals surface area contributed by atoms with Crippen LogP contribution in [0.5, 0.6) is 5.75 Å². The summed E-state index contributed by atoms with van der Waals surface area (Å²) in [7, 11) is 3.72. The summed E-state index contributed by atoms with van der Waals surface area (Å²) < 4.78 is 7.46. The first-order valence-corrected chi connectivity index (χ1v) is 11.8. The number of methoxy groups -OCH3 is 1. The molecule has 1 aliphatic carbocycles. The number of fused-ring (bicyclic) bond motifs is 1. The Bertz CT molecular complexity index is 1310. The first-order valence-electron chi connectivity index (χ1n) is 11.4. The van der Waals surface area contributed by atoms with Gasteiger partial charge in [0.2, 0.25) is 5.95 Å². The number of hydrogen-bond donors (Lipinski definition) is 1. The molecule has 5 rings (SSSR count). The number of imidazole rings is 1. The Balaban J connectivity index is 1.52. The normalized spacial score (nSPS) is 14.6. The van der Waals surface area contributed by atoms with Crippen LogP contribution in [0.15, 0.2) is 61.1 Å². The third-order valence-corrected chi connectivity index (χ3v) is 6.53. The topological polar surface area (TPSA) is 68.1 Å². The van der Waals surface area contributed by atoms with Crippen LogP contribution in [0.4, 0.5) is 17.5 Å². The van der Waals surface area contributed by atoms with Crippen LogP contribution < -0.4 is 15.0 Å². The number of benzene rings is 2. The highest BCUT2D eigenvalue weighted by Crippen LogP contribution is 2.41. The number of anilines is 3. The van der Waals surface area contributed by atoms with Crippen LogP contribution in [0.3, 0.4) is 0 Å². The predicted octanol–water partition coefficient (Wildman–Crippen LogP) is 5.60. The molecule has 2 aromatic heterocycles. The summed E-state index contributed by atoms with van der Waals surface area (Å²) in [6, 6.07) is 16.5. The molecule has 0 spiro atoms. The van der Waals surface area contributed by atoms with E-state index in [1.807, 2.05) is 22.8 Å². The molecule has 0 bridgehead atoms. The lowest BCUT2D eigenvalue weighted by Gasteiger charge is -2.21. The number of rotatable bonds is 7. The van der Waals surface area contributed by atoms with Crippen molar-refractivity contribution in [2.45, 2.75) is 25.7 Å². The van der Waals surface area contributed by atoms with Crippen molar-refractivity contribution in [3.05, 3.63) is 83.0 Å². The molecule has 0 fully saturated rings. The Hall–Kier alpha value is -3.58. The van der Waals surface area contributed by atoms with Crippen molar-refractivity contribution in [1.82, 2.24) is 19.5 Å². The molecule has 0 saturated heterocycles. The monoisotopic (exact) mass is 474 g/mol. The molecule has 8 heteroatoms.